The number of nitrogens with two attached hydrogens (primary N) is 1. The lowest BCUT2D eigenvalue weighted by molar-refractivity contribution is -0.113. The molecule has 0 atom stereocenters. The van der Waals surface area contributed by atoms with Gasteiger partial charge in [-0.1, -0.05) is 29.3 Å². The van der Waals surface area contributed by atoms with Gasteiger partial charge in [0.1, 0.15) is 0 Å². The van der Waals surface area contributed by atoms with E-state index in [4.69, 9.17) is 28.9 Å². The molecule has 1 fully saturated rings. The largest absolute Gasteiger partial charge is 0.370 e. The van der Waals surface area contributed by atoms with Gasteiger partial charge < -0.3 is 10.6 Å². The van der Waals surface area contributed by atoms with Crippen LogP contribution in [0.1, 0.15) is 24.8 Å². The summed E-state index contributed by atoms with van der Waals surface area (Å²) in [6.45, 7) is 2.01. The zero-order chi connectivity index (χ0) is 13.8. The number of hydrogen-bond donors (Lipinski definition) is 1. The predicted molar refractivity (Wildman–Crippen MR) is 80.8 cm³/mol. The Kier molecular flexibility index (Phi) is 4.72. The molecule has 1 aliphatic rings. The Balaban J connectivity index is 2.28. The molecular weight excluding hydrogens is 283 g/mol. The Hall–Kier alpha value is -1.19. The molecule has 3 nitrogen and oxygen atoms in total. The summed E-state index contributed by atoms with van der Waals surface area (Å²) in [6, 6.07) is 3.80. The number of carbonyl (C=O) groups is 1. The van der Waals surface area contributed by atoms with Gasteiger partial charge in [0.2, 0.25) is 5.91 Å². The second kappa shape index (κ2) is 6.31. The first-order chi connectivity index (χ1) is 9.09. The van der Waals surface area contributed by atoms with Crippen LogP contribution in [-0.4, -0.2) is 19.0 Å². The lowest BCUT2D eigenvalue weighted by Crippen LogP contribution is -2.29. The third-order valence-electron chi connectivity index (χ3n) is 3.22. The summed E-state index contributed by atoms with van der Waals surface area (Å²) >= 11 is 12.6. The van der Waals surface area contributed by atoms with Gasteiger partial charge in [-0.15, -0.1) is 0 Å². The second-order valence-corrected chi connectivity index (χ2v) is 5.34. The van der Waals surface area contributed by atoms with Crippen molar-refractivity contribution in [3.05, 3.63) is 33.8 Å². The maximum Gasteiger partial charge on any atom is 0.241 e. The van der Waals surface area contributed by atoms with E-state index in [0.717, 1.165) is 18.8 Å². The molecule has 102 valence electrons. The summed E-state index contributed by atoms with van der Waals surface area (Å²) in [4.78, 5) is 13.0. The highest BCUT2D eigenvalue weighted by atomic mass is 35.5. The SMILES string of the molecule is NC(=O)/C=C/c1ccc(N2CCCCC2)c(Cl)c1Cl. The molecule has 1 saturated heterocycles. The van der Waals surface area contributed by atoms with E-state index < -0.39 is 5.91 Å². The van der Waals surface area contributed by atoms with Crippen molar-refractivity contribution in [2.45, 2.75) is 19.3 Å². The van der Waals surface area contributed by atoms with Crippen LogP contribution in [0, 0.1) is 0 Å². The molecule has 1 aromatic carbocycles. The van der Waals surface area contributed by atoms with E-state index in [-0.39, 0.29) is 0 Å². The molecule has 2 N–H and O–H groups in total. The highest BCUT2D eigenvalue weighted by Crippen LogP contribution is 2.36. The first-order valence-electron chi connectivity index (χ1n) is 6.30. The van der Waals surface area contributed by atoms with Crippen LogP contribution in [0.4, 0.5) is 5.69 Å². The minimum atomic E-state index is -0.507. The molecule has 0 radical (unpaired) electrons. The van der Waals surface area contributed by atoms with Gasteiger partial charge in [0.15, 0.2) is 0 Å². The molecule has 1 heterocycles. The van der Waals surface area contributed by atoms with E-state index in [0.29, 0.717) is 15.6 Å². The van der Waals surface area contributed by atoms with Gasteiger partial charge in [0.05, 0.1) is 15.7 Å². The number of carbonyl (C=O) groups excluding carboxylic acids is 1. The Morgan fingerprint density at radius 1 is 1.16 bits per heavy atom. The highest BCUT2D eigenvalue weighted by Gasteiger charge is 2.16. The summed E-state index contributed by atoms with van der Waals surface area (Å²) in [5, 5.41) is 0.998. The van der Waals surface area contributed by atoms with Gasteiger partial charge in [-0.2, -0.15) is 0 Å². The normalized spacial score (nSPS) is 16.0. The number of hydrogen-bond acceptors (Lipinski definition) is 2. The van der Waals surface area contributed by atoms with Crippen molar-refractivity contribution in [3.8, 4) is 0 Å². The highest BCUT2D eigenvalue weighted by molar-refractivity contribution is 6.44. The van der Waals surface area contributed by atoms with Gasteiger partial charge in [-0.3, -0.25) is 4.79 Å². The number of nitrogens with zero attached hydrogens (tertiary/aromatic N) is 1. The van der Waals surface area contributed by atoms with E-state index in [9.17, 15) is 4.79 Å². The van der Waals surface area contributed by atoms with Gasteiger partial charge in [-0.05, 0) is 37.0 Å². The lowest BCUT2D eigenvalue weighted by atomic mass is 10.1. The molecule has 5 heteroatoms. The molecular formula is C14H16Cl2N2O. The van der Waals surface area contributed by atoms with Gasteiger partial charge in [-0.25, -0.2) is 0 Å². The molecule has 0 bridgehead atoms. The quantitative estimate of drug-likeness (QED) is 0.869. The minimum absolute atomic E-state index is 0.460. The van der Waals surface area contributed by atoms with Crippen LogP contribution in [0.15, 0.2) is 18.2 Å². The first-order valence-corrected chi connectivity index (χ1v) is 7.05. The molecule has 0 saturated carbocycles. The fourth-order valence-electron chi connectivity index (χ4n) is 2.23. The van der Waals surface area contributed by atoms with E-state index in [1.165, 1.54) is 25.3 Å². The van der Waals surface area contributed by atoms with Crippen molar-refractivity contribution in [1.82, 2.24) is 0 Å². The van der Waals surface area contributed by atoms with E-state index in [1.54, 1.807) is 6.08 Å². The molecule has 2 rings (SSSR count). The fraction of sp³-hybridized carbons (Fsp3) is 0.357. The Labute approximate surface area is 123 Å². The lowest BCUT2D eigenvalue weighted by Gasteiger charge is -2.30. The third kappa shape index (κ3) is 3.43. The number of amides is 1. The average molecular weight is 299 g/mol. The number of primary amides is 1. The van der Waals surface area contributed by atoms with Crippen LogP contribution in [-0.2, 0) is 4.79 Å². The number of rotatable bonds is 3. The third-order valence-corrected chi connectivity index (χ3v) is 4.10. The summed E-state index contributed by atoms with van der Waals surface area (Å²) < 4.78 is 0. The fourth-order valence-corrected chi connectivity index (χ4v) is 2.75. The van der Waals surface area contributed by atoms with E-state index >= 15 is 0 Å². The van der Waals surface area contributed by atoms with Crippen LogP contribution in [0.5, 0.6) is 0 Å². The maximum atomic E-state index is 10.7. The molecule has 0 aromatic heterocycles. The van der Waals surface area contributed by atoms with E-state index in [1.807, 2.05) is 12.1 Å². The monoisotopic (exact) mass is 298 g/mol. The summed E-state index contributed by atoms with van der Waals surface area (Å²) in [7, 11) is 0. The van der Waals surface area contributed by atoms with Crippen LogP contribution < -0.4 is 10.6 Å². The first kappa shape index (κ1) is 14.2. The number of piperidine rings is 1. The van der Waals surface area contributed by atoms with E-state index in [2.05, 4.69) is 4.90 Å². The van der Waals surface area contributed by atoms with Crippen molar-refractivity contribution < 1.29 is 4.79 Å². The van der Waals surface area contributed by atoms with Crippen molar-refractivity contribution >= 4 is 40.9 Å². The standard InChI is InChI=1S/C14H16Cl2N2O/c15-13-10(5-7-12(17)19)4-6-11(14(13)16)18-8-2-1-3-9-18/h4-7H,1-3,8-9H2,(H2,17,19)/b7-5+. The molecule has 0 aliphatic carbocycles. The summed E-state index contributed by atoms with van der Waals surface area (Å²) in [6.07, 6.45) is 6.48. The van der Waals surface area contributed by atoms with Crippen LogP contribution in [0.25, 0.3) is 6.08 Å². The number of benzene rings is 1. The minimum Gasteiger partial charge on any atom is -0.370 e. The Morgan fingerprint density at radius 2 is 1.84 bits per heavy atom. The topological polar surface area (TPSA) is 46.3 Å². The Morgan fingerprint density at radius 3 is 2.47 bits per heavy atom. The maximum absolute atomic E-state index is 10.7. The van der Waals surface area contributed by atoms with Gasteiger partial charge >= 0.3 is 0 Å². The van der Waals surface area contributed by atoms with Gasteiger partial charge in [0.25, 0.3) is 0 Å². The van der Waals surface area contributed by atoms with Gasteiger partial charge in [0, 0.05) is 19.2 Å². The Bertz CT molecular complexity index is 508. The number of halogens is 2. The number of anilines is 1. The molecule has 1 aliphatic heterocycles. The van der Waals surface area contributed by atoms with Crippen LogP contribution in [0.3, 0.4) is 0 Å². The van der Waals surface area contributed by atoms with Crippen LogP contribution in [0.2, 0.25) is 10.0 Å². The summed E-state index contributed by atoms with van der Waals surface area (Å²) in [5.74, 6) is -0.507. The predicted octanol–water partition coefficient (Wildman–Crippen LogP) is 3.48. The summed E-state index contributed by atoms with van der Waals surface area (Å²) in [5.41, 5.74) is 6.73. The molecule has 1 amide bonds. The van der Waals surface area contributed by atoms with Crippen molar-refractivity contribution in [1.29, 1.82) is 0 Å². The zero-order valence-electron chi connectivity index (χ0n) is 10.5. The average Bonchev–Trinajstić information content (AvgIpc) is 2.41. The molecule has 19 heavy (non-hydrogen) atoms. The second-order valence-electron chi connectivity index (χ2n) is 4.59. The van der Waals surface area contributed by atoms with Crippen molar-refractivity contribution in [3.63, 3.8) is 0 Å². The van der Waals surface area contributed by atoms with Crippen molar-refractivity contribution in [2.75, 3.05) is 18.0 Å². The smallest absolute Gasteiger partial charge is 0.241 e. The molecule has 1 aromatic rings. The molecule has 0 unspecified atom stereocenters. The molecule has 0 spiro atoms. The zero-order valence-corrected chi connectivity index (χ0v) is 12.0. The van der Waals surface area contributed by atoms with Crippen molar-refractivity contribution in [2.24, 2.45) is 5.73 Å². The van der Waals surface area contributed by atoms with Crippen LogP contribution >= 0.6 is 23.2 Å².